The quantitative estimate of drug-likeness (QED) is 0.353. The first kappa shape index (κ1) is 17.2. The van der Waals surface area contributed by atoms with Gasteiger partial charge in [-0.15, -0.1) is 0 Å². The van der Waals surface area contributed by atoms with Gasteiger partial charge in [-0.1, -0.05) is 0 Å². The maximum absolute atomic E-state index is 5.59. The summed E-state index contributed by atoms with van der Waals surface area (Å²) in [4.78, 5) is 4.42. The van der Waals surface area contributed by atoms with Crippen LogP contribution in [0.5, 0.6) is 0 Å². The van der Waals surface area contributed by atoms with E-state index in [1.54, 1.807) is 0 Å². The molecule has 1 aliphatic heterocycles. The summed E-state index contributed by atoms with van der Waals surface area (Å²) in [5.74, 6) is 0.813. The van der Waals surface area contributed by atoms with E-state index in [-0.39, 0.29) is 0 Å². The van der Waals surface area contributed by atoms with Gasteiger partial charge in [-0.3, -0.25) is 4.99 Å². The summed E-state index contributed by atoms with van der Waals surface area (Å²) in [5, 5.41) is 6.44. The van der Waals surface area contributed by atoms with Crippen LogP contribution in [0.2, 0.25) is 0 Å². The molecule has 0 radical (unpaired) electrons. The van der Waals surface area contributed by atoms with Crippen molar-refractivity contribution in [3.63, 3.8) is 0 Å². The topological polar surface area (TPSA) is 64.1 Å². The molecule has 1 rings (SSSR count). The monoisotopic (exact) mass is 287 g/mol. The Kier molecular flexibility index (Phi) is 10.3. The molecule has 6 heteroatoms. The van der Waals surface area contributed by atoms with Crippen LogP contribution in [0.25, 0.3) is 0 Å². The predicted molar refractivity (Wildman–Crippen MR) is 80.3 cm³/mol. The summed E-state index contributed by atoms with van der Waals surface area (Å²) in [6.07, 6.45) is 2.57. The summed E-state index contributed by atoms with van der Waals surface area (Å²) >= 11 is 0. The summed E-state index contributed by atoms with van der Waals surface area (Å²) < 4.78 is 16.4. The molecule has 0 amide bonds. The van der Waals surface area contributed by atoms with Crippen molar-refractivity contribution in [3.8, 4) is 0 Å². The Balaban J connectivity index is 2.04. The highest BCUT2D eigenvalue weighted by Crippen LogP contribution is 2.11. The van der Waals surface area contributed by atoms with Crippen molar-refractivity contribution in [2.45, 2.75) is 32.8 Å². The predicted octanol–water partition coefficient (Wildman–Crippen LogP) is 0.774. The maximum atomic E-state index is 5.59. The molecule has 1 aliphatic rings. The Bertz CT molecular complexity index is 256. The molecule has 1 unspecified atom stereocenters. The maximum Gasteiger partial charge on any atom is 0.191 e. The number of guanidine groups is 1. The average Bonchev–Trinajstić information content (AvgIpc) is 2.96. The minimum absolute atomic E-state index is 0.295. The molecule has 0 spiro atoms. The van der Waals surface area contributed by atoms with Crippen molar-refractivity contribution in [2.75, 3.05) is 52.7 Å². The second-order valence-corrected chi connectivity index (χ2v) is 4.59. The van der Waals surface area contributed by atoms with Crippen molar-refractivity contribution in [2.24, 2.45) is 4.99 Å². The van der Waals surface area contributed by atoms with Crippen LogP contribution in [0, 0.1) is 0 Å². The lowest BCUT2D eigenvalue weighted by Crippen LogP contribution is -2.39. The molecule has 0 aromatic rings. The number of rotatable bonds is 10. The minimum atomic E-state index is 0.295. The third-order valence-corrected chi connectivity index (χ3v) is 2.92. The fourth-order valence-electron chi connectivity index (χ4n) is 1.94. The van der Waals surface area contributed by atoms with Gasteiger partial charge in [0.25, 0.3) is 0 Å². The second kappa shape index (κ2) is 11.9. The van der Waals surface area contributed by atoms with Gasteiger partial charge in [0.1, 0.15) is 0 Å². The van der Waals surface area contributed by atoms with E-state index in [0.29, 0.717) is 32.5 Å². The fraction of sp³-hybridized carbons (Fsp3) is 0.929. The molecular formula is C14H29N3O3. The lowest BCUT2D eigenvalue weighted by atomic mass is 10.2. The number of nitrogens with zero attached hydrogens (tertiary/aromatic N) is 1. The molecule has 2 N–H and O–H groups in total. The standard InChI is InChI=1S/C14H29N3O3/c1-3-15-14(16-7-10-18-4-2)17-8-11-19-12-13-6-5-9-20-13/h13H,3-12H2,1-2H3,(H2,15,16,17). The van der Waals surface area contributed by atoms with Crippen LogP contribution in [-0.2, 0) is 14.2 Å². The van der Waals surface area contributed by atoms with Gasteiger partial charge in [-0.05, 0) is 26.7 Å². The van der Waals surface area contributed by atoms with E-state index in [9.17, 15) is 0 Å². The van der Waals surface area contributed by atoms with Gasteiger partial charge in [0.05, 0.1) is 32.5 Å². The van der Waals surface area contributed by atoms with E-state index < -0.39 is 0 Å². The number of ether oxygens (including phenoxy) is 3. The van der Waals surface area contributed by atoms with Crippen LogP contribution < -0.4 is 10.6 Å². The summed E-state index contributed by atoms with van der Waals surface area (Å²) in [6.45, 7) is 9.91. The van der Waals surface area contributed by atoms with Crippen LogP contribution in [0.15, 0.2) is 4.99 Å². The highest BCUT2D eigenvalue weighted by molar-refractivity contribution is 5.79. The molecule has 20 heavy (non-hydrogen) atoms. The van der Waals surface area contributed by atoms with E-state index in [1.807, 2.05) is 13.8 Å². The molecule has 0 saturated carbocycles. The largest absolute Gasteiger partial charge is 0.380 e. The Morgan fingerprint density at radius 1 is 1.25 bits per heavy atom. The molecule has 1 atom stereocenters. The van der Waals surface area contributed by atoms with Gasteiger partial charge in [0, 0.05) is 26.3 Å². The van der Waals surface area contributed by atoms with Crippen molar-refractivity contribution in [1.82, 2.24) is 10.6 Å². The van der Waals surface area contributed by atoms with E-state index in [2.05, 4.69) is 15.6 Å². The van der Waals surface area contributed by atoms with E-state index in [4.69, 9.17) is 14.2 Å². The van der Waals surface area contributed by atoms with Gasteiger partial charge in [0.15, 0.2) is 5.96 Å². The SMILES string of the molecule is CCNC(=NCCOCC)NCCOCC1CCCO1. The highest BCUT2D eigenvalue weighted by atomic mass is 16.5. The van der Waals surface area contributed by atoms with Crippen LogP contribution in [0.1, 0.15) is 26.7 Å². The summed E-state index contributed by atoms with van der Waals surface area (Å²) in [6, 6.07) is 0. The number of nitrogens with one attached hydrogen (secondary N) is 2. The van der Waals surface area contributed by atoms with Gasteiger partial charge >= 0.3 is 0 Å². The first-order valence-corrected chi connectivity index (χ1v) is 7.66. The Morgan fingerprint density at radius 2 is 2.15 bits per heavy atom. The molecular weight excluding hydrogens is 258 g/mol. The zero-order valence-corrected chi connectivity index (χ0v) is 12.8. The van der Waals surface area contributed by atoms with Crippen LogP contribution in [-0.4, -0.2) is 64.7 Å². The molecule has 0 aliphatic carbocycles. The molecule has 0 bridgehead atoms. The van der Waals surface area contributed by atoms with Gasteiger partial charge in [-0.25, -0.2) is 0 Å². The number of hydrogen-bond acceptors (Lipinski definition) is 4. The first-order valence-electron chi connectivity index (χ1n) is 7.66. The smallest absolute Gasteiger partial charge is 0.191 e. The Morgan fingerprint density at radius 3 is 2.85 bits per heavy atom. The van der Waals surface area contributed by atoms with Crippen LogP contribution in [0.3, 0.4) is 0 Å². The molecule has 118 valence electrons. The lowest BCUT2D eigenvalue weighted by Gasteiger charge is -2.13. The van der Waals surface area contributed by atoms with Crippen LogP contribution >= 0.6 is 0 Å². The first-order chi connectivity index (χ1) is 9.86. The molecule has 1 fully saturated rings. The summed E-state index contributed by atoms with van der Waals surface area (Å²) in [7, 11) is 0. The third kappa shape index (κ3) is 8.35. The van der Waals surface area contributed by atoms with E-state index in [1.165, 1.54) is 0 Å². The Labute approximate surface area is 122 Å². The average molecular weight is 287 g/mol. The normalized spacial score (nSPS) is 19.3. The molecule has 6 nitrogen and oxygen atoms in total. The molecule has 0 aromatic heterocycles. The lowest BCUT2D eigenvalue weighted by molar-refractivity contribution is 0.0191. The molecule has 1 saturated heterocycles. The second-order valence-electron chi connectivity index (χ2n) is 4.59. The minimum Gasteiger partial charge on any atom is -0.380 e. The Hall–Kier alpha value is -0.850. The third-order valence-electron chi connectivity index (χ3n) is 2.92. The molecule has 1 heterocycles. The highest BCUT2D eigenvalue weighted by Gasteiger charge is 2.14. The zero-order chi connectivity index (χ0) is 14.5. The van der Waals surface area contributed by atoms with Crippen molar-refractivity contribution in [3.05, 3.63) is 0 Å². The number of aliphatic imine (C=N–C) groups is 1. The van der Waals surface area contributed by atoms with Gasteiger partial charge in [0.2, 0.25) is 0 Å². The van der Waals surface area contributed by atoms with Crippen molar-refractivity contribution in [1.29, 1.82) is 0 Å². The van der Waals surface area contributed by atoms with Crippen molar-refractivity contribution >= 4 is 5.96 Å². The zero-order valence-electron chi connectivity index (χ0n) is 12.8. The van der Waals surface area contributed by atoms with Crippen LogP contribution in [0.4, 0.5) is 0 Å². The van der Waals surface area contributed by atoms with Crippen molar-refractivity contribution < 1.29 is 14.2 Å². The van der Waals surface area contributed by atoms with Gasteiger partial charge < -0.3 is 24.8 Å². The molecule has 0 aromatic carbocycles. The summed E-state index contributed by atoms with van der Waals surface area (Å²) in [5.41, 5.74) is 0. The van der Waals surface area contributed by atoms with Gasteiger partial charge in [-0.2, -0.15) is 0 Å². The van der Waals surface area contributed by atoms with E-state index >= 15 is 0 Å². The number of hydrogen-bond donors (Lipinski definition) is 2. The van der Waals surface area contributed by atoms with E-state index in [0.717, 1.165) is 45.1 Å². The fourth-order valence-corrected chi connectivity index (χ4v) is 1.94.